The van der Waals surface area contributed by atoms with E-state index in [-0.39, 0.29) is 11.9 Å². The van der Waals surface area contributed by atoms with Crippen LogP contribution in [0, 0.1) is 0 Å². The molecule has 4 nitrogen and oxygen atoms in total. The second-order valence-corrected chi connectivity index (χ2v) is 7.83. The molecule has 3 rings (SSSR count). The highest BCUT2D eigenvalue weighted by atomic mass is 32.2. The summed E-state index contributed by atoms with van der Waals surface area (Å²) in [6.45, 7) is 1.38. The first-order valence-electron chi connectivity index (χ1n) is 9.00. The minimum absolute atomic E-state index is 0.102. The Balaban J connectivity index is 1.50. The van der Waals surface area contributed by atoms with Crippen molar-refractivity contribution in [2.24, 2.45) is 0 Å². The summed E-state index contributed by atoms with van der Waals surface area (Å²) in [6.07, 6.45) is 1.49. The van der Waals surface area contributed by atoms with Crippen molar-refractivity contribution in [3.63, 3.8) is 0 Å². The van der Waals surface area contributed by atoms with Crippen molar-refractivity contribution in [3.8, 4) is 5.75 Å². The molecule has 0 bridgehead atoms. The van der Waals surface area contributed by atoms with Gasteiger partial charge in [0.25, 0.3) is 0 Å². The lowest BCUT2D eigenvalue weighted by molar-refractivity contribution is -0.120. The van der Waals surface area contributed by atoms with E-state index in [4.69, 9.17) is 4.74 Å². The number of amides is 1. The zero-order chi connectivity index (χ0) is 18.4. The predicted octanol–water partition coefficient (Wildman–Crippen LogP) is 3.52. The first kappa shape index (κ1) is 18.8. The molecule has 0 saturated heterocycles. The summed E-state index contributed by atoms with van der Waals surface area (Å²) >= 11 is 1.71. The van der Waals surface area contributed by atoms with Gasteiger partial charge in [-0.15, -0.1) is 11.8 Å². The summed E-state index contributed by atoms with van der Waals surface area (Å²) < 4.78 is 5.59. The Morgan fingerprint density at radius 3 is 2.81 bits per heavy atom. The van der Waals surface area contributed by atoms with Crippen LogP contribution in [0.3, 0.4) is 0 Å². The Morgan fingerprint density at radius 1 is 1.23 bits per heavy atom. The van der Waals surface area contributed by atoms with Crippen molar-refractivity contribution >= 4 is 17.7 Å². The standard InChI is InChI=1S/C21H26N2O2S/c1-23(2)19(16-8-9-20-17(14-16)10-12-25-20)15-22-21(24)11-13-26-18-6-4-3-5-7-18/h3-9,14,19H,10-13,15H2,1-2H3,(H,22,24). The van der Waals surface area contributed by atoms with Gasteiger partial charge in [-0.2, -0.15) is 0 Å². The Hall–Kier alpha value is -1.98. The summed E-state index contributed by atoms with van der Waals surface area (Å²) in [4.78, 5) is 15.6. The van der Waals surface area contributed by atoms with Gasteiger partial charge in [-0.1, -0.05) is 30.3 Å². The average Bonchev–Trinajstić information content (AvgIpc) is 3.10. The van der Waals surface area contributed by atoms with Crippen molar-refractivity contribution in [2.45, 2.75) is 23.8 Å². The quantitative estimate of drug-likeness (QED) is 0.722. The number of carbonyl (C=O) groups is 1. The molecular formula is C21H26N2O2S. The van der Waals surface area contributed by atoms with Crippen LogP contribution in [0.15, 0.2) is 53.4 Å². The topological polar surface area (TPSA) is 41.6 Å². The second-order valence-electron chi connectivity index (χ2n) is 6.66. The van der Waals surface area contributed by atoms with Gasteiger partial charge in [0.2, 0.25) is 5.91 Å². The molecule has 0 spiro atoms. The fraction of sp³-hybridized carbons (Fsp3) is 0.381. The molecule has 1 amide bonds. The summed E-state index contributed by atoms with van der Waals surface area (Å²) in [5.41, 5.74) is 2.48. The van der Waals surface area contributed by atoms with Crippen molar-refractivity contribution < 1.29 is 9.53 Å². The molecule has 2 aromatic carbocycles. The Morgan fingerprint density at radius 2 is 2.04 bits per heavy atom. The largest absolute Gasteiger partial charge is 0.493 e. The van der Waals surface area contributed by atoms with Gasteiger partial charge in [0, 0.05) is 30.0 Å². The van der Waals surface area contributed by atoms with E-state index in [1.807, 2.05) is 38.4 Å². The van der Waals surface area contributed by atoms with Crippen LogP contribution in [0.25, 0.3) is 0 Å². The molecule has 0 aliphatic carbocycles. The van der Waals surface area contributed by atoms with Gasteiger partial charge in [-0.05, 0) is 43.4 Å². The fourth-order valence-corrected chi connectivity index (χ4v) is 3.96. The number of likely N-dealkylation sites (N-methyl/N-ethyl adjacent to an activating group) is 1. The maximum absolute atomic E-state index is 12.2. The smallest absolute Gasteiger partial charge is 0.220 e. The third kappa shape index (κ3) is 5.02. The van der Waals surface area contributed by atoms with Gasteiger partial charge in [0.05, 0.1) is 12.6 Å². The van der Waals surface area contributed by atoms with E-state index >= 15 is 0 Å². The van der Waals surface area contributed by atoms with Crippen LogP contribution in [0.2, 0.25) is 0 Å². The van der Waals surface area contributed by atoms with Crippen molar-refractivity contribution in [1.29, 1.82) is 0 Å². The summed E-state index contributed by atoms with van der Waals surface area (Å²) in [7, 11) is 4.09. The number of nitrogens with one attached hydrogen (secondary N) is 1. The first-order chi connectivity index (χ1) is 12.6. The van der Waals surface area contributed by atoms with Crippen LogP contribution in [0.5, 0.6) is 5.75 Å². The normalized spacial score (nSPS) is 14.0. The zero-order valence-corrected chi connectivity index (χ0v) is 16.2. The zero-order valence-electron chi connectivity index (χ0n) is 15.4. The highest BCUT2D eigenvalue weighted by Crippen LogP contribution is 2.29. The Bertz CT molecular complexity index is 734. The number of thioether (sulfide) groups is 1. The summed E-state index contributed by atoms with van der Waals surface area (Å²) in [5, 5.41) is 3.09. The van der Waals surface area contributed by atoms with Gasteiger partial charge in [0.15, 0.2) is 0 Å². The second kappa shape index (κ2) is 9.10. The van der Waals surface area contributed by atoms with E-state index in [2.05, 4.69) is 34.5 Å². The highest BCUT2D eigenvalue weighted by molar-refractivity contribution is 7.99. The highest BCUT2D eigenvalue weighted by Gasteiger charge is 2.19. The fourth-order valence-electron chi connectivity index (χ4n) is 3.09. The lowest BCUT2D eigenvalue weighted by Crippen LogP contribution is -2.34. The van der Waals surface area contributed by atoms with Crippen LogP contribution in [-0.4, -0.2) is 43.8 Å². The molecule has 1 N–H and O–H groups in total. The Kier molecular flexibility index (Phi) is 6.58. The minimum atomic E-state index is 0.102. The molecule has 0 saturated carbocycles. The van der Waals surface area contributed by atoms with Gasteiger partial charge >= 0.3 is 0 Å². The maximum atomic E-state index is 12.2. The van der Waals surface area contributed by atoms with Gasteiger partial charge in [-0.3, -0.25) is 4.79 Å². The molecule has 1 aliphatic heterocycles. The number of rotatable bonds is 8. The number of carbonyl (C=O) groups excluding carboxylic acids is 1. The molecule has 138 valence electrons. The molecule has 1 aliphatic rings. The molecule has 0 radical (unpaired) electrons. The monoisotopic (exact) mass is 370 g/mol. The predicted molar refractivity (Wildman–Crippen MR) is 107 cm³/mol. The van der Waals surface area contributed by atoms with E-state index in [0.717, 1.165) is 24.5 Å². The third-order valence-corrected chi connectivity index (χ3v) is 5.57. The van der Waals surface area contributed by atoms with Gasteiger partial charge in [0.1, 0.15) is 5.75 Å². The summed E-state index contributed by atoms with van der Waals surface area (Å²) in [6, 6.07) is 16.7. The van der Waals surface area contributed by atoms with Gasteiger partial charge < -0.3 is 15.0 Å². The van der Waals surface area contributed by atoms with E-state index in [9.17, 15) is 4.79 Å². The lowest BCUT2D eigenvalue weighted by Gasteiger charge is -2.25. The molecule has 5 heteroatoms. The number of fused-ring (bicyclic) bond motifs is 1. The van der Waals surface area contributed by atoms with Crippen molar-refractivity contribution in [1.82, 2.24) is 10.2 Å². The minimum Gasteiger partial charge on any atom is -0.493 e. The first-order valence-corrected chi connectivity index (χ1v) is 9.98. The van der Waals surface area contributed by atoms with Crippen LogP contribution in [0.4, 0.5) is 0 Å². The van der Waals surface area contributed by atoms with E-state index in [0.29, 0.717) is 13.0 Å². The molecular weight excluding hydrogens is 344 g/mol. The van der Waals surface area contributed by atoms with E-state index in [1.165, 1.54) is 16.0 Å². The number of hydrogen-bond acceptors (Lipinski definition) is 4. The Labute approximate surface area is 159 Å². The van der Waals surface area contributed by atoms with Crippen LogP contribution >= 0.6 is 11.8 Å². The third-order valence-electron chi connectivity index (χ3n) is 4.56. The van der Waals surface area contributed by atoms with E-state index in [1.54, 1.807) is 11.8 Å². The van der Waals surface area contributed by atoms with Crippen molar-refractivity contribution in [3.05, 3.63) is 59.7 Å². The van der Waals surface area contributed by atoms with Crippen LogP contribution in [0.1, 0.15) is 23.6 Å². The SMILES string of the molecule is CN(C)C(CNC(=O)CCSc1ccccc1)c1ccc2c(c1)CCO2. The molecule has 0 aromatic heterocycles. The maximum Gasteiger partial charge on any atom is 0.220 e. The molecule has 1 atom stereocenters. The summed E-state index contributed by atoms with van der Waals surface area (Å²) in [5.74, 6) is 1.89. The van der Waals surface area contributed by atoms with Crippen LogP contribution in [-0.2, 0) is 11.2 Å². The molecule has 26 heavy (non-hydrogen) atoms. The number of nitrogens with zero attached hydrogens (tertiary/aromatic N) is 1. The number of hydrogen-bond donors (Lipinski definition) is 1. The van der Waals surface area contributed by atoms with Crippen molar-refractivity contribution in [2.75, 3.05) is 33.0 Å². The average molecular weight is 371 g/mol. The van der Waals surface area contributed by atoms with E-state index < -0.39 is 0 Å². The lowest BCUT2D eigenvalue weighted by atomic mass is 10.0. The molecule has 0 fully saturated rings. The number of benzene rings is 2. The molecule has 2 aromatic rings. The molecule has 1 unspecified atom stereocenters. The molecule has 1 heterocycles. The number of ether oxygens (including phenoxy) is 1. The van der Waals surface area contributed by atoms with Crippen LogP contribution < -0.4 is 10.1 Å². The van der Waals surface area contributed by atoms with Gasteiger partial charge in [-0.25, -0.2) is 0 Å².